The number of ether oxygens (including phenoxy) is 1. The molecule has 480 valence electrons. The van der Waals surface area contributed by atoms with E-state index in [-0.39, 0.29) is 18.5 Å². The summed E-state index contributed by atoms with van der Waals surface area (Å²) >= 11 is 0. The van der Waals surface area contributed by atoms with Crippen molar-refractivity contribution in [3.8, 4) is 0 Å². The number of allylic oxidation sites excluding steroid dienone is 4. The predicted octanol–water partition coefficient (Wildman–Crippen LogP) is 24.1. The van der Waals surface area contributed by atoms with Gasteiger partial charge >= 0.3 is 5.97 Å². The second-order valence-corrected chi connectivity index (χ2v) is 25.6. The SMILES string of the molecule is CCCCCCCCCCCCCCCCCCC(O)C(CO)NC(=O)CCCCCCCCCCCCCCCCCCC/C=C\C/C=C\CCCCCCCCCCCCCOC(=O)CCCCCCCCCCCCCCC. The fourth-order valence-corrected chi connectivity index (χ4v) is 11.9. The number of hydrogen-bond donors (Lipinski definition) is 3. The van der Waals surface area contributed by atoms with Crippen molar-refractivity contribution in [2.24, 2.45) is 0 Å². The molecule has 0 rings (SSSR count). The zero-order valence-corrected chi connectivity index (χ0v) is 55.0. The van der Waals surface area contributed by atoms with Crippen LogP contribution in [0, 0.1) is 0 Å². The Morgan fingerprint density at radius 2 is 0.617 bits per heavy atom. The van der Waals surface area contributed by atoms with Gasteiger partial charge in [-0.15, -0.1) is 0 Å². The largest absolute Gasteiger partial charge is 0.466 e. The maximum atomic E-state index is 12.5. The Balaban J connectivity index is 3.36. The summed E-state index contributed by atoms with van der Waals surface area (Å²) in [5.74, 6) is -0.0100. The number of amides is 1. The molecule has 0 radical (unpaired) electrons. The zero-order valence-electron chi connectivity index (χ0n) is 55.0. The number of hydrogen-bond acceptors (Lipinski definition) is 5. The molecule has 0 saturated carbocycles. The van der Waals surface area contributed by atoms with Crippen molar-refractivity contribution in [1.82, 2.24) is 5.32 Å². The maximum Gasteiger partial charge on any atom is 0.305 e. The molecule has 6 nitrogen and oxygen atoms in total. The third kappa shape index (κ3) is 67.3. The number of carbonyl (C=O) groups excluding carboxylic acids is 2. The first kappa shape index (κ1) is 79.3. The molecule has 0 heterocycles. The van der Waals surface area contributed by atoms with E-state index in [0.717, 1.165) is 44.9 Å². The molecule has 0 aliphatic carbocycles. The molecular weight excluding hydrogens is 995 g/mol. The molecule has 0 saturated heterocycles. The van der Waals surface area contributed by atoms with Crippen LogP contribution in [-0.2, 0) is 14.3 Å². The lowest BCUT2D eigenvalue weighted by Crippen LogP contribution is -2.45. The summed E-state index contributed by atoms with van der Waals surface area (Å²) in [5, 5.41) is 23.4. The van der Waals surface area contributed by atoms with Crippen LogP contribution in [0.4, 0.5) is 0 Å². The Morgan fingerprint density at radius 3 is 0.938 bits per heavy atom. The third-order valence-electron chi connectivity index (χ3n) is 17.5. The van der Waals surface area contributed by atoms with Crippen molar-refractivity contribution >= 4 is 11.9 Å². The quantitative estimate of drug-likeness (QED) is 0.0320. The summed E-state index contributed by atoms with van der Waals surface area (Å²) in [6, 6.07) is -0.539. The van der Waals surface area contributed by atoms with E-state index in [1.54, 1.807) is 0 Å². The number of rotatable bonds is 70. The van der Waals surface area contributed by atoms with Gasteiger partial charge in [0.15, 0.2) is 0 Å². The number of aliphatic hydroxyl groups excluding tert-OH is 2. The van der Waals surface area contributed by atoms with Crippen molar-refractivity contribution in [2.75, 3.05) is 13.2 Å². The van der Waals surface area contributed by atoms with Crippen molar-refractivity contribution in [3.63, 3.8) is 0 Å². The molecular formula is C75H145NO5. The minimum Gasteiger partial charge on any atom is -0.466 e. The first-order chi connectivity index (χ1) is 40.0. The van der Waals surface area contributed by atoms with Crippen LogP contribution in [0.25, 0.3) is 0 Å². The molecule has 0 fully saturated rings. The van der Waals surface area contributed by atoms with Gasteiger partial charge in [0.2, 0.25) is 5.91 Å². The summed E-state index contributed by atoms with van der Waals surface area (Å²) < 4.78 is 5.49. The van der Waals surface area contributed by atoms with Crippen LogP contribution in [0.3, 0.4) is 0 Å². The van der Waals surface area contributed by atoms with E-state index in [1.165, 1.54) is 340 Å². The highest BCUT2D eigenvalue weighted by Crippen LogP contribution is 2.19. The van der Waals surface area contributed by atoms with E-state index in [4.69, 9.17) is 4.74 Å². The molecule has 0 aliphatic rings. The van der Waals surface area contributed by atoms with Crippen LogP contribution in [0.15, 0.2) is 24.3 Å². The smallest absolute Gasteiger partial charge is 0.305 e. The van der Waals surface area contributed by atoms with Gasteiger partial charge in [-0.1, -0.05) is 372 Å². The Labute approximate surface area is 507 Å². The van der Waals surface area contributed by atoms with Crippen LogP contribution in [0.2, 0.25) is 0 Å². The van der Waals surface area contributed by atoms with Gasteiger partial charge in [-0.2, -0.15) is 0 Å². The fourth-order valence-electron chi connectivity index (χ4n) is 11.9. The first-order valence-electron chi connectivity index (χ1n) is 37.1. The molecule has 2 atom stereocenters. The van der Waals surface area contributed by atoms with Gasteiger partial charge in [-0.25, -0.2) is 0 Å². The van der Waals surface area contributed by atoms with Crippen molar-refractivity contribution in [1.29, 1.82) is 0 Å². The normalized spacial score (nSPS) is 12.6. The van der Waals surface area contributed by atoms with Gasteiger partial charge in [0.1, 0.15) is 0 Å². The van der Waals surface area contributed by atoms with E-state index < -0.39 is 12.1 Å². The van der Waals surface area contributed by atoms with E-state index in [2.05, 4.69) is 43.5 Å². The molecule has 1 amide bonds. The van der Waals surface area contributed by atoms with Crippen LogP contribution in [-0.4, -0.2) is 47.4 Å². The van der Waals surface area contributed by atoms with Crippen LogP contribution in [0.5, 0.6) is 0 Å². The molecule has 0 aromatic heterocycles. The minimum absolute atomic E-state index is 0.0190. The van der Waals surface area contributed by atoms with Crippen molar-refractivity contribution in [2.45, 2.75) is 431 Å². The second kappa shape index (κ2) is 70.8. The molecule has 0 aromatic carbocycles. The zero-order chi connectivity index (χ0) is 58.5. The molecule has 0 aromatic rings. The predicted molar refractivity (Wildman–Crippen MR) is 356 cm³/mol. The Bertz CT molecular complexity index is 1270. The molecule has 6 heteroatoms. The average molecular weight is 1140 g/mol. The highest BCUT2D eigenvalue weighted by molar-refractivity contribution is 5.76. The molecule has 0 aliphatic heterocycles. The molecule has 0 spiro atoms. The van der Waals surface area contributed by atoms with Gasteiger partial charge in [0.25, 0.3) is 0 Å². The average Bonchev–Trinajstić information content (AvgIpc) is 3.47. The van der Waals surface area contributed by atoms with Gasteiger partial charge in [-0.3, -0.25) is 9.59 Å². The van der Waals surface area contributed by atoms with Gasteiger partial charge in [0, 0.05) is 12.8 Å². The summed E-state index contributed by atoms with van der Waals surface area (Å²) in [6.45, 7) is 4.99. The molecule has 81 heavy (non-hydrogen) atoms. The number of aliphatic hydroxyl groups is 2. The highest BCUT2D eigenvalue weighted by atomic mass is 16.5. The Hall–Kier alpha value is -1.66. The summed E-state index contributed by atoms with van der Waals surface area (Å²) in [7, 11) is 0. The third-order valence-corrected chi connectivity index (χ3v) is 17.5. The van der Waals surface area contributed by atoms with E-state index in [9.17, 15) is 19.8 Å². The minimum atomic E-state index is -0.662. The monoisotopic (exact) mass is 1140 g/mol. The van der Waals surface area contributed by atoms with E-state index in [1.807, 2.05) is 0 Å². The topological polar surface area (TPSA) is 95.9 Å². The van der Waals surface area contributed by atoms with Crippen molar-refractivity contribution < 1.29 is 24.5 Å². The molecule has 2 unspecified atom stereocenters. The lowest BCUT2D eigenvalue weighted by atomic mass is 10.0. The van der Waals surface area contributed by atoms with Gasteiger partial charge in [0.05, 0.1) is 25.4 Å². The summed E-state index contributed by atoms with van der Waals surface area (Å²) in [6.07, 6.45) is 89.6. The lowest BCUT2D eigenvalue weighted by molar-refractivity contribution is -0.143. The Kier molecular flexibility index (Phi) is 69.4. The van der Waals surface area contributed by atoms with Crippen LogP contribution < -0.4 is 5.32 Å². The summed E-state index contributed by atoms with van der Waals surface area (Å²) in [4.78, 5) is 24.6. The number of esters is 1. The van der Waals surface area contributed by atoms with Crippen LogP contribution >= 0.6 is 0 Å². The number of unbranched alkanes of at least 4 members (excludes halogenated alkanes) is 55. The fraction of sp³-hybridized carbons (Fsp3) is 0.920. The van der Waals surface area contributed by atoms with Gasteiger partial charge < -0.3 is 20.3 Å². The van der Waals surface area contributed by atoms with Crippen LogP contribution in [0.1, 0.15) is 418 Å². The van der Waals surface area contributed by atoms with Crippen molar-refractivity contribution in [3.05, 3.63) is 24.3 Å². The lowest BCUT2D eigenvalue weighted by Gasteiger charge is -2.22. The first-order valence-corrected chi connectivity index (χ1v) is 37.1. The van der Waals surface area contributed by atoms with Gasteiger partial charge in [-0.05, 0) is 57.8 Å². The standard InChI is InChI=1S/C75H145NO5/c1-3-5-7-9-11-13-15-17-18-40-44-47-51-55-59-63-67-73(78)72(71-77)76-74(79)68-64-60-56-52-48-45-41-38-36-34-32-30-28-26-24-22-20-19-21-23-25-27-29-31-33-35-37-39-42-46-50-54-58-62-66-70-81-75(80)69-65-61-57-53-49-43-16-14-12-10-8-6-4-2/h21,23,27,29,72-73,77-78H,3-20,22,24-26,28,30-71H2,1-2H3,(H,76,79)/b23-21-,29-27-. The van der Waals surface area contributed by atoms with E-state index >= 15 is 0 Å². The van der Waals surface area contributed by atoms with E-state index in [0.29, 0.717) is 25.9 Å². The number of carbonyl (C=O) groups is 2. The maximum absolute atomic E-state index is 12.5. The highest BCUT2D eigenvalue weighted by Gasteiger charge is 2.20. The molecule has 3 N–H and O–H groups in total. The molecule has 0 bridgehead atoms. The summed E-state index contributed by atoms with van der Waals surface area (Å²) in [5.41, 5.74) is 0. The number of nitrogens with one attached hydrogen (secondary N) is 1. The Morgan fingerprint density at radius 1 is 0.346 bits per heavy atom. The second-order valence-electron chi connectivity index (χ2n) is 25.6.